The first-order chi connectivity index (χ1) is 17.0. The standard InChI is InChI=1S/C27H29FN2O4S/c1-33-23-12-8-21(9-13-23)27(32)30(17-24-4-2-14-34-24)19-26(31)29(18-25-5-3-15-35-25)16-20-6-10-22(28)11-7-20/h3,5-13,15,24H,2,4,14,16-19H2,1H3. The smallest absolute Gasteiger partial charge is 0.254 e. The Morgan fingerprint density at radius 3 is 2.46 bits per heavy atom. The van der Waals surface area contributed by atoms with Crippen LogP contribution in [0.1, 0.15) is 33.6 Å². The SMILES string of the molecule is COc1ccc(C(=O)N(CC(=O)N(Cc2ccc(F)cc2)Cc2cccs2)CC2CCCO2)cc1. The largest absolute Gasteiger partial charge is 0.497 e. The van der Waals surface area contributed by atoms with E-state index in [2.05, 4.69) is 0 Å². The van der Waals surface area contributed by atoms with E-state index in [1.807, 2.05) is 17.5 Å². The Hall–Kier alpha value is -3.23. The van der Waals surface area contributed by atoms with Gasteiger partial charge in [0.1, 0.15) is 18.1 Å². The fraction of sp³-hybridized carbons (Fsp3) is 0.333. The molecule has 0 saturated carbocycles. The van der Waals surface area contributed by atoms with Crippen LogP contribution in [0.3, 0.4) is 0 Å². The van der Waals surface area contributed by atoms with E-state index in [-0.39, 0.29) is 30.3 Å². The number of carbonyl (C=O) groups is 2. The molecular weight excluding hydrogens is 467 g/mol. The summed E-state index contributed by atoms with van der Waals surface area (Å²) >= 11 is 1.57. The van der Waals surface area contributed by atoms with Gasteiger partial charge >= 0.3 is 0 Å². The Labute approximate surface area is 208 Å². The van der Waals surface area contributed by atoms with Gasteiger partial charge in [-0.15, -0.1) is 11.3 Å². The summed E-state index contributed by atoms with van der Waals surface area (Å²) in [6, 6.07) is 16.9. The average Bonchev–Trinajstić information content (AvgIpc) is 3.58. The highest BCUT2D eigenvalue weighted by Gasteiger charge is 2.27. The second-order valence-electron chi connectivity index (χ2n) is 8.50. The number of benzene rings is 2. The summed E-state index contributed by atoms with van der Waals surface area (Å²) < 4.78 is 24.4. The van der Waals surface area contributed by atoms with Gasteiger partial charge in [-0.05, 0) is 66.2 Å². The van der Waals surface area contributed by atoms with Crippen molar-refractivity contribution in [3.8, 4) is 5.75 Å². The highest BCUT2D eigenvalue weighted by Crippen LogP contribution is 2.19. The zero-order valence-electron chi connectivity index (χ0n) is 19.7. The maximum Gasteiger partial charge on any atom is 0.254 e. The number of carbonyl (C=O) groups excluding carboxylic acids is 2. The van der Waals surface area contributed by atoms with Gasteiger partial charge in [0.25, 0.3) is 5.91 Å². The zero-order chi connectivity index (χ0) is 24.6. The minimum Gasteiger partial charge on any atom is -0.497 e. The van der Waals surface area contributed by atoms with Gasteiger partial charge in [0.2, 0.25) is 5.91 Å². The molecule has 8 heteroatoms. The summed E-state index contributed by atoms with van der Waals surface area (Å²) in [6.07, 6.45) is 1.71. The quantitative estimate of drug-likeness (QED) is 0.407. The first-order valence-corrected chi connectivity index (χ1v) is 12.5. The molecule has 1 aromatic heterocycles. The van der Waals surface area contributed by atoms with Crippen molar-refractivity contribution in [1.29, 1.82) is 0 Å². The van der Waals surface area contributed by atoms with E-state index < -0.39 is 0 Å². The molecule has 0 N–H and O–H groups in total. The van der Waals surface area contributed by atoms with E-state index in [4.69, 9.17) is 9.47 Å². The Kier molecular flexibility index (Phi) is 8.50. The molecule has 184 valence electrons. The summed E-state index contributed by atoms with van der Waals surface area (Å²) in [7, 11) is 1.57. The number of nitrogens with zero attached hydrogens (tertiary/aromatic N) is 2. The number of thiophene rings is 1. The highest BCUT2D eigenvalue weighted by molar-refractivity contribution is 7.09. The van der Waals surface area contributed by atoms with Crippen LogP contribution in [0, 0.1) is 5.82 Å². The topological polar surface area (TPSA) is 59.1 Å². The summed E-state index contributed by atoms with van der Waals surface area (Å²) in [5.74, 6) is -0.0700. The van der Waals surface area contributed by atoms with Crippen molar-refractivity contribution >= 4 is 23.2 Å². The van der Waals surface area contributed by atoms with Crippen molar-refractivity contribution in [3.05, 3.63) is 87.9 Å². The Balaban J connectivity index is 1.54. The molecule has 2 aromatic carbocycles. The molecule has 0 aliphatic carbocycles. The first kappa shape index (κ1) is 24.9. The van der Waals surface area contributed by atoms with Crippen LogP contribution in [0.25, 0.3) is 0 Å². The highest BCUT2D eigenvalue weighted by atomic mass is 32.1. The van der Waals surface area contributed by atoms with E-state index in [0.29, 0.717) is 37.6 Å². The van der Waals surface area contributed by atoms with Gasteiger partial charge in [-0.2, -0.15) is 0 Å². The summed E-state index contributed by atoms with van der Waals surface area (Å²) in [6.45, 7) is 1.68. The molecule has 3 aromatic rings. The van der Waals surface area contributed by atoms with Gasteiger partial charge in [-0.25, -0.2) is 4.39 Å². The lowest BCUT2D eigenvalue weighted by molar-refractivity contribution is -0.133. The monoisotopic (exact) mass is 496 g/mol. The maximum absolute atomic E-state index is 13.6. The minimum absolute atomic E-state index is 0.0721. The molecule has 6 nitrogen and oxygen atoms in total. The van der Waals surface area contributed by atoms with Gasteiger partial charge in [0, 0.05) is 30.1 Å². The fourth-order valence-corrected chi connectivity index (χ4v) is 4.79. The average molecular weight is 497 g/mol. The first-order valence-electron chi connectivity index (χ1n) is 11.6. The number of hydrogen-bond acceptors (Lipinski definition) is 5. The molecule has 2 amide bonds. The second kappa shape index (κ2) is 12.0. The van der Waals surface area contributed by atoms with Crippen LogP contribution < -0.4 is 4.74 Å². The second-order valence-corrected chi connectivity index (χ2v) is 9.54. The van der Waals surface area contributed by atoms with Crippen molar-refractivity contribution < 1.29 is 23.5 Å². The molecule has 0 spiro atoms. The van der Waals surface area contributed by atoms with E-state index in [0.717, 1.165) is 23.3 Å². The summed E-state index contributed by atoms with van der Waals surface area (Å²) in [4.78, 5) is 31.3. The lowest BCUT2D eigenvalue weighted by atomic mass is 10.1. The lowest BCUT2D eigenvalue weighted by Gasteiger charge is -2.29. The molecule has 35 heavy (non-hydrogen) atoms. The summed E-state index contributed by atoms with van der Waals surface area (Å²) in [5.41, 5.74) is 1.31. The third-order valence-electron chi connectivity index (χ3n) is 5.96. The predicted molar refractivity (Wildman–Crippen MR) is 133 cm³/mol. The zero-order valence-corrected chi connectivity index (χ0v) is 20.5. The summed E-state index contributed by atoms with van der Waals surface area (Å²) in [5, 5.41) is 1.97. The molecule has 1 saturated heterocycles. The van der Waals surface area contributed by atoms with Crippen LogP contribution >= 0.6 is 11.3 Å². The molecule has 1 unspecified atom stereocenters. The maximum atomic E-state index is 13.6. The molecule has 0 bridgehead atoms. The number of rotatable bonds is 10. The third kappa shape index (κ3) is 6.90. The van der Waals surface area contributed by atoms with Crippen molar-refractivity contribution in [3.63, 3.8) is 0 Å². The van der Waals surface area contributed by atoms with Gasteiger partial charge in [0.15, 0.2) is 0 Å². The number of hydrogen-bond donors (Lipinski definition) is 0. The van der Waals surface area contributed by atoms with E-state index in [1.165, 1.54) is 12.1 Å². The Morgan fingerprint density at radius 1 is 1.06 bits per heavy atom. The van der Waals surface area contributed by atoms with Crippen molar-refractivity contribution in [2.75, 3.05) is 26.8 Å². The van der Waals surface area contributed by atoms with Crippen LogP contribution in [-0.2, 0) is 22.6 Å². The normalized spacial score (nSPS) is 15.1. The van der Waals surface area contributed by atoms with Crippen molar-refractivity contribution in [1.82, 2.24) is 9.80 Å². The molecular formula is C27H29FN2O4S. The number of amides is 2. The van der Waals surface area contributed by atoms with Gasteiger partial charge in [-0.1, -0.05) is 18.2 Å². The van der Waals surface area contributed by atoms with E-state index in [1.54, 1.807) is 64.6 Å². The minimum atomic E-state index is -0.322. The van der Waals surface area contributed by atoms with E-state index in [9.17, 15) is 14.0 Å². The van der Waals surface area contributed by atoms with Gasteiger partial charge in [-0.3, -0.25) is 9.59 Å². The van der Waals surface area contributed by atoms with Crippen molar-refractivity contribution in [2.24, 2.45) is 0 Å². The van der Waals surface area contributed by atoms with Crippen LogP contribution in [0.5, 0.6) is 5.75 Å². The van der Waals surface area contributed by atoms with Crippen molar-refractivity contribution in [2.45, 2.75) is 32.0 Å². The molecule has 1 fully saturated rings. The fourth-order valence-electron chi connectivity index (χ4n) is 4.07. The Bertz CT molecular complexity index is 1100. The third-order valence-corrected chi connectivity index (χ3v) is 6.83. The molecule has 1 aliphatic rings. The number of halogens is 1. The van der Waals surface area contributed by atoms with Crippen LogP contribution in [0.2, 0.25) is 0 Å². The molecule has 0 radical (unpaired) electrons. The lowest BCUT2D eigenvalue weighted by Crippen LogP contribution is -2.45. The molecule has 2 heterocycles. The number of methoxy groups -OCH3 is 1. The molecule has 1 atom stereocenters. The Morgan fingerprint density at radius 2 is 1.83 bits per heavy atom. The molecule has 1 aliphatic heterocycles. The van der Waals surface area contributed by atoms with Crippen LogP contribution in [0.4, 0.5) is 4.39 Å². The predicted octanol–water partition coefficient (Wildman–Crippen LogP) is 4.75. The van der Waals surface area contributed by atoms with Crippen LogP contribution in [-0.4, -0.2) is 54.5 Å². The molecule has 4 rings (SSSR count). The van der Waals surface area contributed by atoms with E-state index >= 15 is 0 Å². The van der Waals surface area contributed by atoms with Gasteiger partial charge < -0.3 is 19.3 Å². The number of ether oxygens (including phenoxy) is 2. The van der Waals surface area contributed by atoms with Gasteiger partial charge in [0.05, 0.1) is 19.8 Å². The van der Waals surface area contributed by atoms with Crippen LogP contribution in [0.15, 0.2) is 66.0 Å².